The van der Waals surface area contributed by atoms with E-state index in [0.29, 0.717) is 6.54 Å². The minimum absolute atomic E-state index is 0.0362. The number of carbonyl (C=O) groups is 2. The molecule has 1 saturated heterocycles. The number of thioether (sulfide) groups is 1. The number of carboxylic acid groups (broad SMARTS) is 1. The molecule has 1 saturated carbocycles. The normalized spacial score (nSPS) is 20.1. The van der Waals surface area contributed by atoms with Crippen LogP contribution in [0.2, 0.25) is 0 Å². The summed E-state index contributed by atoms with van der Waals surface area (Å²) in [6.07, 6.45) is 2.09. The Morgan fingerprint density at radius 3 is 2.47 bits per heavy atom. The number of hydrogen-bond acceptors (Lipinski definition) is 3. The van der Waals surface area contributed by atoms with Gasteiger partial charge >= 0.3 is 12.0 Å². The highest BCUT2D eigenvalue weighted by Crippen LogP contribution is 2.28. The Labute approximate surface area is 105 Å². The molecule has 5 nitrogen and oxygen atoms in total. The zero-order valence-corrected chi connectivity index (χ0v) is 10.6. The molecule has 2 fully saturated rings. The lowest BCUT2D eigenvalue weighted by Gasteiger charge is -2.32. The first-order valence-electron chi connectivity index (χ1n) is 6.03. The number of hydrogen-bond donors (Lipinski definition) is 1. The van der Waals surface area contributed by atoms with Crippen LogP contribution >= 0.6 is 11.8 Å². The molecule has 1 aliphatic heterocycles. The molecule has 0 atom stereocenters. The van der Waals surface area contributed by atoms with Crippen molar-refractivity contribution in [3.8, 4) is 0 Å². The Balaban J connectivity index is 1.89. The maximum Gasteiger partial charge on any atom is 0.320 e. The lowest BCUT2D eigenvalue weighted by molar-refractivity contribution is -0.137. The minimum atomic E-state index is -0.836. The smallest absolute Gasteiger partial charge is 0.320 e. The highest BCUT2D eigenvalue weighted by atomic mass is 32.2. The van der Waals surface area contributed by atoms with Crippen molar-refractivity contribution < 1.29 is 14.7 Å². The van der Waals surface area contributed by atoms with E-state index in [1.807, 2.05) is 16.7 Å². The molecule has 6 heteroatoms. The summed E-state index contributed by atoms with van der Waals surface area (Å²) in [4.78, 5) is 26.4. The van der Waals surface area contributed by atoms with Crippen LogP contribution < -0.4 is 0 Å². The average Bonchev–Trinajstić information content (AvgIpc) is 3.14. The Hall–Kier alpha value is -0.910. The van der Waals surface area contributed by atoms with Crippen LogP contribution in [0.15, 0.2) is 0 Å². The Bertz CT molecular complexity index is 301. The van der Waals surface area contributed by atoms with E-state index in [2.05, 4.69) is 0 Å². The van der Waals surface area contributed by atoms with Crippen LogP contribution in [-0.2, 0) is 4.79 Å². The Kier molecular flexibility index (Phi) is 4.15. The molecule has 96 valence electrons. The summed E-state index contributed by atoms with van der Waals surface area (Å²) in [6, 6.07) is 0.325. The molecule has 2 amide bonds. The van der Waals surface area contributed by atoms with Crippen LogP contribution in [0, 0.1) is 0 Å². The lowest BCUT2D eigenvalue weighted by atomic mass is 10.3. The first-order valence-corrected chi connectivity index (χ1v) is 7.19. The van der Waals surface area contributed by atoms with Gasteiger partial charge in [0.05, 0.1) is 6.42 Å². The van der Waals surface area contributed by atoms with E-state index < -0.39 is 5.97 Å². The SMILES string of the molecule is O=C(O)CCN(C(=O)N1CCSCC1)C1CC1. The number of carbonyl (C=O) groups excluding carboxylic acids is 1. The molecule has 0 aromatic carbocycles. The van der Waals surface area contributed by atoms with Crippen LogP contribution in [0.5, 0.6) is 0 Å². The van der Waals surface area contributed by atoms with Crippen LogP contribution in [0.1, 0.15) is 19.3 Å². The largest absolute Gasteiger partial charge is 0.481 e. The molecule has 1 N–H and O–H groups in total. The highest BCUT2D eigenvalue weighted by molar-refractivity contribution is 7.99. The van der Waals surface area contributed by atoms with E-state index in [1.54, 1.807) is 4.90 Å². The third-order valence-corrected chi connectivity index (χ3v) is 4.02. The van der Waals surface area contributed by atoms with Crippen molar-refractivity contribution in [2.45, 2.75) is 25.3 Å². The quantitative estimate of drug-likeness (QED) is 0.820. The summed E-state index contributed by atoms with van der Waals surface area (Å²) in [5.74, 6) is 1.14. The molecular formula is C11H18N2O3S. The number of urea groups is 1. The van der Waals surface area contributed by atoms with Gasteiger partial charge in [-0.1, -0.05) is 0 Å². The molecule has 0 bridgehead atoms. The van der Waals surface area contributed by atoms with Gasteiger partial charge in [0.2, 0.25) is 0 Å². The summed E-state index contributed by atoms with van der Waals surface area (Å²) in [5.41, 5.74) is 0. The van der Waals surface area contributed by atoms with E-state index in [0.717, 1.165) is 37.4 Å². The van der Waals surface area contributed by atoms with Crippen LogP contribution in [-0.4, -0.2) is 64.1 Å². The van der Waals surface area contributed by atoms with Gasteiger partial charge < -0.3 is 14.9 Å². The van der Waals surface area contributed by atoms with Gasteiger partial charge in [-0.2, -0.15) is 11.8 Å². The number of amides is 2. The summed E-state index contributed by atoms with van der Waals surface area (Å²) in [5, 5.41) is 8.70. The summed E-state index contributed by atoms with van der Waals surface area (Å²) >= 11 is 1.86. The van der Waals surface area contributed by atoms with Gasteiger partial charge in [0.15, 0.2) is 0 Å². The zero-order chi connectivity index (χ0) is 12.3. The van der Waals surface area contributed by atoms with Gasteiger partial charge in [-0.15, -0.1) is 0 Å². The predicted octanol–water partition coefficient (Wildman–Crippen LogP) is 1.09. The molecule has 0 aromatic rings. The predicted molar refractivity (Wildman–Crippen MR) is 66.3 cm³/mol. The van der Waals surface area contributed by atoms with Crippen molar-refractivity contribution in [3.05, 3.63) is 0 Å². The summed E-state index contributed by atoms with van der Waals surface area (Å²) in [7, 11) is 0. The summed E-state index contributed by atoms with van der Waals surface area (Å²) in [6.45, 7) is 1.93. The van der Waals surface area contributed by atoms with Gasteiger partial charge in [0.25, 0.3) is 0 Å². The van der Waals surface area contributed by atoms with Crippen molar-refractivity contribution in [1.29, 1.82) is 0 Å². The highest BCUT2D eigenvalue weighted by Gasteiger charge is 2.35. The third kappa shape index (κ3) is 3.52. The van der Waals surface area contributed by atoms with Crippen molar-refractivity contribution in [2.75, 3.05) is 31.1 Å². The molecule has 0 spiro atoms. The van der Waals surface area contributed by atoms with Crippen LogP contribution in [0.3, 0.4) is 0 Å². The van der Waals surface area contributed by atoms with Gasteiger partial charge in [-0.05, 0) is 12.8 Å². The first-order chi connectivity index (χ1) is 8.18. The second-order valence-corrected chi connectivity index (χ2v) is 5.68. The van der Waals surface area contributed by atoms with Crippen molar-refractivity contribution in [2.24, 2.45) is 0 Å². The lowest BCUT2D eigenvalue weighted by Crippen LogP contribution is -2.48. The fraction of sp³-hybridized carbons (Fsp3) is 0.818. The molecule has 1 aliphatic carbocycles. The minimum Gasteiger partial charge on any atom is -0.481 e. The molecule has 0 radical (unpaired) electrons. The van der Waals surface area contributed by atoms with Gasteiger partial charge in [0, 0.05) is 37.2 Å². The van der Waals surface area contributed by atoms with E-state index in [9.17, 15) is 9.59 Å². The maximum absolute atomic E-state index is 12.2. The fourth-order valence-electron chi connectivity index (χ4n) is 1.97. The second kappa shape index (κ2) is 5.62. The summed E-state index contributed by atoms with van der Waals surface area (Å²) < 4.78 is 0. The van der Waals surface area contributed by atoms with Crippen molar-refractivity contribution in [1.82, 2.24) is 9.80 Å². The first kappa shape index (κ1) is 12.5. The number of aliphatic carboxylic acids is 1. The van der Waals surface area contributed by atoms with Gasteiger partial charge in [0.1, 0.15) is 0 Å². The molecule has 17 heavy (non-hydrogen) atoms. The number of nitrogens with zero attached hydrogens (tertiary/aromatic N) is 2. The van der Waals surface area contributed by atoms with Crippen molar-refractivity contribution >= 4 is 23.8 Å². The molecular weight excluding hydrogens is 240 g/mol. The van der Waals surface area contributed by atoms with E-state index in [4.69, 9.17) is 5.11 Å². The zero-order valence-electron chi connectivity index (χ0n) is 9.80. The maximum atomic E-state index is 12.2. The molecule has 2 aliphatic rings. The van der Waals surface area contributed by atoms with E-state index in [-0.39, 0.29) is 18.5 Å². The standard InChI is InChI=1S/C11H18N2O3S/c14-10(15)3-4-13(9-1-2-9)11(16)12-5-7-17-8-6-12/h9H,1-8H2,(H,14,15). The topological polar surface area (TPSA) is 60.9 Å². The molecule has 0 unspecified atom stereocenters. The average molecular weight is 258 g/mol. The number of rotatable bonds is 4. The van der Waals surface area contributed by atoms with Gasteiger partial charge in [-0.3, -0.25) is 4.79 Å². The molecule has 2 rings (SSSR count). The fourth-order valence-corrected chi connectivity index (χ4v) is 2.88. The monoisotopic (exact) mass is 258 g/mol. The van der Waals surface area contributed by atoms with Crippen molar-refractivity contribution in [3.63, 3.8) is 0 Å². The van der Waals surface area contributed by atoms with E-state index >= 15 is 0 Å². The van der Waals surface area contributed by atoms with Gasteiger partial charge in [-0.25, -0.2) is 4.79 Å². The Morgan fingerprint density at radius 1 is 1.29 bits per heavy atom. The van der Waals surface area contributed by atoms with Crippen LogP contribution in [0.4, 0.5) is 4.79 Å². The van der Waals surface area contributed by atoms with Crippen LogP contribution in [0.25, 0.3) is 0 Å². The number of carboxylic acids is 1. The molecule has 0 aromatic heterocycles. The second-order valence-electron chi connectivity index (χ2n) is 4.45. The van der Waals surface area contributed by atoms with E-state index in [1.165, 1.54) is 0 Å². The molecule has 1 heterocycles. The Morgan fingerprint density at radius 2 is 1.94 bits per heavy atom. The third-order valence-electron chi connectivity index (χ3n) is 3.08.